The monoisotopic (exact) mass is 514 g/mol. The van der Waals surface area contributed by atoms with E-state index in [1.54, 1.807) is 24.3 Å². The number of carbonyl (C=O) groups is 2. The van der Waals surface area contributed by atoms with E-state index in [2.05, 4.69) is 31.8 Å². The maximum absolute atomic E-state index is 13.6. The van der Waals surface area contributed by atoms with Gasteiger partial charge in [0.05, 0.1) is 21.3 Å². The van der Waals surface area contributed by atoms with E-state index in [0.717, 1.165) is 6.07 Å². The van der Waals surface area contributed by atoms with Crippen molar-refractivity contribution < 1.29 is 23.6 Å². The maximum Gasteiger partial charge on any atom is 0.271 e. The molecule has 0 aromatic heterocycles. The van der Waals surface area contributed by atoms with Gasteiger partial charge in [-0.1, -0.05) is 18.2 Å². The summed E-state index contributed by atoms with van der Waals surface area (Å²) >= 11 is 3.33. The summed E-state index contributed by atoms with van der Waals surface area (Å²) in [6, 6.07) is 15.9. The molecule has 168 valence electrons. The molecule has 3 rings (SSSR count). The third kappa shape index (κ3) is 6.68. The van der Waals surface area contributed by atoms with Crippen LogP contribution in [0.3, 0.4) is 0 Å². The molecule has 0 heterocycles. The Morgan fingerprint density at radius 1 is 1.12 bits per heavy atom. The van der Waals surface area contributed by atoms with E-state index in [9.17, 15) is 24.1 Å². The molecule has 0 fully saturated rings. The van der Waals surface area contributed by atoms with Gasteiger partial charge in [-0.05, 0) is 57.9 Å². The van der Waals surface area contributed by atoms with Gasteiger partial charge in [-0.15, -0.1) is 0 Å². The molecule has 0 unspecified atom stereocenters. The van der Waals surface area contributed by atoms with E-state index < -0.39 is 22.6 Å². The number of amides is 2. The van der Waals surface area contributed by atoms with Gasteiger partial charge < -0.3 is 10.1 Å². The Kier molecular flexibility index (Phi) is 7.82. The van der Waals surface area contributed by atoms with Crippen molar-refractivity contribution in [3.63, 3.8) is 0 Å². The number of para-hydroxylation sites is 1. The molecule has 0 aliphatic carbocycles. The summed E-state index contributed by atoms with van der Waals surface area (Å²) in [5.41, 5.74) is 2.85. The number of nitro benzene ring substituents is 1. The second-order valence-electron chi connectivity index (χ2n) is 6.51. The van der Waals surface area contributed by atoms with Crippen molar-refractivity contribution in [2.45, 2.75) is 0 Å². The number of nitrogens with one attached hydrogen (secondary N) is 2. The first-order chi connectivity index (χ1) is 15.8. The first-order valence-corrected chi connectivity index (χ1v) is 10.2. The molecule has 0 aliphatic rings. The van der Waals surface area contributed by atoms with Crippen molar-refractivity contribution in [2.24, 2.45) is 5.10 Å². The molecule has 0 atom stereocenters. The molecular formula is C22H16BrFN4O5. The third-order valence-electron chi connectivity index (χ3n) is 4.16. The van der Waals surface area contributed by atoms with Crippen LogP contribution in [0.25, 0.3) is 0 Å². The van der Waals surface area contributed by atoms with Crippen molar-refractivity contribution in [1.82, 2.24) is 5.43 Å². The predicted octanol–water partition coefficient (Wildman–Crippen LogP) is 4.28. The Bertz CT molecular complexity index is 1230. The van der Waals surface area contributed by atoms with E-state index in [-0.39, 0.29) is 23.5 Å². The number of hydrogen-bond acceptors (Lipinski definition) is 6. The highest BCUT2D eigenvalue weighted by molar-refractivity contribution is 9.10. The quantitative estimate of drug-likeness (QED) is 0.264. The molecule has 2 amide bonds. The minimum Gasteiger partial charge on any atom is -0.483 e. The van der Waals surface area contributed by atoms with Crippen molar-refractivity contribution >= 4 is 45.3 Å². The molecule has 33 heavy (non-hydrogen) atoms. The lowest BCUT2D eigenvalue weighted by Gasteiger charge is -2.10. The molecule has 11 heteroatoms. The Morgan fingerprint density at radius 3 is 2.64 bits per heavy atom. The highest BCUT2D eigenvalue weighted by atomic mass is 79.9. The summed E-state index contributed by atoms with van der Waals surface area (Å²) in [4.78, 5) is 34.3. The fourth-order valence-electron chi connectivity index (χ4n) is 2.60. The second kappa shape index (κ2) is 11.0. The summed E-state index contributed by atoms with van der Waals surface area (Å²) in [6.45, 7) is -0.334. The Hall–Kier alpha value is -4.12. The van der Waals surface area contributed by atoms with Gasteiger partial charge >= 0.3 is 0 Å². The van der Waals surface area contributed by atoms with Crippen molar-refractivity contribution in [2.75, 3.05) is 11.9 Å². The van der Waals surface area contributed by atoms with Gasteiger partial charge in [-0.2, -0.15) is 5.10 Å². The number of carbonyl (C=O) groups excluding carboxylic acids is 2. The number of nitro groups is 1. The molecule has 0 bridgehead atoms. The van der Waals surface area contributed by atoms with E-state index in [4.69, 9.17) is 4.74 Å². The van der Waals surface area contributed by atoms with Crippen LogP contribution in [0.4, 0.5) is 15.8 Å². The summed E-state index contributed by atoms with van der Waals surface area (Å²) in [7, 11) is 0. The lowest BCUT2D eigenvalue weighted by Crippen LogP contribution is -2.20. The molecule has 0 saturated carbocycles. The van der Waals surface area contributed by atoms with Gasteiger partial charge in [-0.3, -0.25) is 19.7 Å². The summed E-state index contributed by atoms with van der Waals surface area (Å²) < 4.78 is 19.6. The van der Waals surface area contributed by atoms with Crippen molar-refractivity contribution in [1.29, 1.82) is 0 Å². The van der Waals surface area contributed by atoms with Crippen LogP contribution in [-0.2, 0) is 4.79 Å². The highest BCUT2D eigenvalue weighted by Gasteiger charge is 2.11. The topological polar surface area (TPSA) is 123 Å². The van der Waals surface area contributed by atoms with Crippen LogP contribution < -0.4 is 15.5 Å². The number of hydrogen-bond donors (Lipinski definition) is 2. The average molecular weight is 515 g/mol. The zero-order chi connectivity index (χ0) is 23.8. The lowest BCUT2D eigenvalue weighted by atomic mass is 10.2. The molecule has 9 nitrogen and oxygen atoms in total. The molecule has 0 spiro atoms. The first-order valence-electron chi connectivity index (χ1n) is 9.38. The fraction of sp³-hybridized carbons (Fsp3) is 0.0455. The van der Waals surface area contributed by atoms with E-state index in [1.165, 1.54) is 42.6 Å². The zero-order valence-electron chi connectivity index (χ0n) is 16.8. The Labute approximate surface area is 195 Å². The number of ether oxygens (including phenoxy) is 1. The standard InChI is InChI=1S/C22H16BrFN4O5/c23-17-10-14(12-25-27-22(30)15-4-3-5-16(11-15)28(31)32)8-9-20(17)33-13-21(29)26-19-7-2-1-6-18(19)24/h1-12H,13H2,(H,26,29)(H,27,30)/b25-12+. The first kappa shape index (κ1) is 23.5. The van der Waals surface area contributed by atoms with Gasteiger partial charge in [0.25, 0.3) is 17.5 Å². The number of hydrazone groups is 1. The van der Waals surface area contributed by atoms with E-state index in [1.807, 2.05) is 0 Å². The zero-order valence-corrected chi connectivity index (χ0v) is 18.4. The van der Waals surface area contributed by atoms with Crippen LogP contribution in [0.15, 0.2) is 76.3 Å². The number of nitrogens with zero attached hydrogens (tertiary/aromatic N) is 2. The van der Waals surface area contributed by atoms with Gasteiger partial charge in [0.1, 0.15) is 11.6 Å². The fourth-order valence-corrected chi connectivity index (χ4v) is 3.11. The van der Waals surface area contributed by atoms with Crippen LogP contribution >= 0.6 is 15.9 Å². The molecule has 0 radical (unpaired) electrons. The predicted molar refractivity (Wildman–Crippen MR) is 123 cm³/mol. The smallest absolute Gasteiger partial charge is 0.271 e. The highest BCUT2D eigenvalue weighted by Crippen LogP contribution is 2.25. The Morgan fingerprint density at radius 2 is 1.91 bits per heavy atom. The van der Waals surface area contributed by atoms with E-state index >= 15 is 0 Å². The van der Waals surface area contributed by atoms with Gasteiger partial charge in [0, 0.05) is 17.7 Å². The number of benzene rings is 3. The minimum atomic E-state index is -0.602. The average Bonchev–Trinajstić information content (AvgIpc) is 2.80. The number of anilines is 1. The molecular weight excluding hydrogens is 499 g/mol. The van der Waals surface area contributed by atoms with Crippen LogP contribution in [0, 0.1) is 15.9 Å². The van der Waals surface area contributed by atoms with Gasteiger partial charge in [0.2, 0.25) is 0 Å². The van der Waals surface area contributed by atoms with Crippen LogP contribution in [0.5, 0.6) is 5.75 Å². The Balaban J connectivity index is 1.54. The van der Waals surface area contributed by atoms with Crippen LogP contribution in [0.2, 0.25) is 0 Å². The van der Waals surface area contributed by atoms with Crippen molar-refractivity contribution in [3.05, 3.63) is 98.3 Å². The molecule has 0 saturated heterocycles. The number of halogens is 2. The molecule has 3 aromatic rings. The van der Waals surface area contributed by atoms with E-state index in [0.29, 0.717) is 15.8 Å². The summed E-state index contributed by atoms with van der Waals surface area (Å²) in [5, 5.41) is 17.1. The second-order valence-corrected chi connectivity index (χ2v) is 7.37. The van der Waals surface area contributed by atoms with Crippen LogP contribution in [0.1, 0.15) is 15.9 Å². The number of non-ortho nitro benzene ring substituents is 1. The lowest BCUT2D eigenvalue weighted by molar-refractivity contribution is -0.384. The normalized spacial score (nSPS) is 10.6. The molecule has 2 N–H and O–H groups in total. The largest absolute Gasteiger partial charge is 0.483 e. The SMILES string of the molecule is O=C(COc1ccc(/C=N/NC(=O)c2cccc([N+](=O)[O-])c2)cc1Br)Nc1ccccc1F. The minimum absolute atomic E-state index is 0.0591. The summed E-state index contributed by atoms with van der Waals surface area (Å²) in [6.07, 6.45) is 1.37. The number of rotatable bonds is 8. The molecule has 3 aromatic carbocycles. The van der Waals surface area contributed by atoms with Crippen LogP contribution in [-0.4, -0.2) is 29.6 Å². The van der Waals surface area contributed by atoms with Crippen molar-refractivity contribution in [3.8, 4) is 5.75 Å². The molecule has 0 aliphatic heterocycles. The maximum atomic E-state index is 13.6. The van der Waals surface area contributed by atoms with Gasteiger partial charge in [0.15, 0.2) is 6.61 Å². The van der Waals surface area contributed by atoms with Gasteiger partial charge in [-0.25, -0.2) is 9.82 Å². The third-order valence-corrected chi connectivity index (χ3v) is 4.78. The summed E-state index contributed by atoms with van der Waals surface area (Å²) in [5.74, 6) is -1.30.